The van der Waals surface area contributed by atoms with Crippen molar-refractivity contribution in [3.63, 3.8) is 0 Å². The van der Waals surface area contributed by atoms with Crippen molar-refractivity contribution in [2.24, 2.45) is 7.05 Å². The van der Waals surface area contributed by atoms with Crippen LogP contribution in [0.4, 0.5) is 4.39 Å². The first-order chi connectivity index (χ1) is 12.1. The fourth-order valence-corrected chi connectivity index (χ4v) is 2.78. The highest BCUT2D eigenvalue weighted by Gasteiger charge is 2.16. The highest BCUT2D eigenvalue weighted by atomic mass is 19.1. The van der Waals surface area contributed by atoms with E-state index in [1.165, 1.54) is 12.1 Å². The first kappa shape index (κ1) is 17.0. The minimum atomic E-state index is -0.537. The highest BCUT2D eigenvalue weighted by Crippen LogP contribution is 2.22. The Morgan fingerprint density at radius 1 is 1.24 bits per heavy atom. The van der Waals surface area contributed by atoms with Gasteiger partial charge in [-0.05, 0) is 31.2 Å². The van der Waals surface area contributed by atoms with Gasteiger partial charge in [0.05, 0.1) is 23.2 Å². The van der Waals surface area contributed by atoms with E-state index in [2.05, 4.69) is 10.3 Å². The third kappa shape index (κ3) is 3.47. The zero-order valence-corrected chi connectivity index (χ0v) is 14.3. The number of hydrogen-bond donors (Lipinski definition) is 1. The van der Waals surface area contributed by atoms with Crippen molar-refractivity contribution in [3.8, 4) is 5.75 Å². The van der Waals surface area contributed by atoms with Gasteiger partial charge >= 0.3 is 0 Å². The van der Waals surface area contributed by atoms with Crippen molar-refractivity contribution in [2.75, 3.05) is 13.2 Å². The van der Waals surface area contributed by atoms with Crippen molar-refractivity contribution in [1.82, 2.24) is 14.9 Å². The van der Waals surface area contributed by atoms with Crippen molar-refractivity contribution in [1.29, 1.82) is 0 Å². The molecule has 1 aromatic heterocycles. The Bertz CT molecular complexity index is 905. The van der Waals surface area contributed by atoms with E-state index in [0.29, 0.717) is 19.6 Å². The highest BCUT2D eigenvalue weighted by molar-refractivity contribution is 5.97. The molecule has 0 saturated carbocycles. The molecule has 2 aromatic carbocycles. The van der Waals surface area contributed by atoms with Crippen LogP contribution < -0.4 is 10.1 Å². The summed E-state index contributed by atoms with van der Waals surface area (Å²) in [5, 5.41) is 2.81. The smallest absolute Gasteiger partial charge is 0.255 e. The molecule has 3 rings (SSSR count). The molecule has 130 valence electrons. The predicted molar refractivity (Wildman–Crippen MR) is 94.3 cm³/mol. The zero-order chi connectivity index (χ0) is 17.8. The molecular formula is C19H20FN3O2. The number of para-hydroxylation sites is 3. The number of amides is 1. The van der Waals surface area contributed by atoms with Crippen molar-refractivity contribution >= 4 is 16.9 Å². The van der Waals surface area contributed by atoms with Crippen LogP contribution in [0.5, 0.6) is 5.75 Å². The molecule has 0 atom stereocenters. The van der Waals surface area contributed by atoms with Crippen LogP contribution in [0, 0.1) is 5.82 Å². The number of halogens is 1. The standard InChI is InChI=1S/C19H20FN3O2/c1-3-25-18-13(7-6-8-14(18)20)19(24)21-12-11-17-22-15-9-4-5-10-16(15)23(17)2/h4-10H,3,11-12H2,1-2H3,(H,21,24). The summed E-state index contributed by atoms with van der Waals surface area (Å²) < 4.78 is 21.1. The number of nitrogens with one attached hydrogen (secondary N) is 1. The fraction of sp³-hybridized carbons (Fsp3) is 0.263. The second kappa shape index (κ2) is 7.34. The molecular weight excluding hydrogens is 321 g/mol. The minimum absolute atomic E-state index is 0.00905. The quantitative estimate of drug-likeness (QED) is 0.750. The van der Waals surface area contributed by atoms with Gasteiger partial charge in [0.15, 0.2) is 11.6 Å². The number of carbonyl (C=O) groups excluding carboxylic acids is 1. The zero-order valence-electron chi connectivity index (χ0n) is 14.3. The van der Waals surface area contributed by atoms with Gasteiger partial charge in [-0.3, -0.25) is 4.79 Å². The summed E-state index contributed by atoms with van der Waals surface area (Å²) >= 11 is 0. The Morgan fingerprint density at radius 2 is 2.04 bits per heavy atom. The van der Waals surface area contributed by atoms with Crippen molar-refractivity contribution in [2.45, 2.75) is 13.3 Å². The van der Waals surface area contributed by atoms with Crippen molar-refractivity contribution < 1.29 is 13.9 Å². The van der Waals surface area contributed by atoms with Gasteiger partial charge in [-0.2, -0.15) is 0 Å². The molecule has 6 heteroatoms. The van der Waals surface area contributed by atoms with E-state index in [1.54, 1.807) is 13.0 Å². The van der Waals surface area contributed by atoms with Gasteiger partial charge in [-0.25, -0.2) is 9.37 Å². The maximum absolute atomic E-state index is 13.8. The predicted octanol–water partition coefficient (Wildman–Crippen LogP) is 3.08. The third-order valence-corrected chi connectivity index (χ3v) is 4.01. The average molecular weight is 341 g/mol. The lowest BCUT2D eigenvalue weighted by Crippen LogP contribution is -2.27. The van der Waals surface area contributed by atoms with E-state index >= 15 is 0 Å². The number of hydrogen-bond acceptors (Lipinski definition) is 3. The van der Waals surface area contributed by atoms with Crippen LogP contribution in [0.3, 0.4) is 0 Å². The van der Waals surface area contributed by atoms with Gasteiger partial charge in [0, 0.05) is 20.0 Å². The Kier molecular flexibility index (Phi) is 4.97. The SMILES string of the molecule is CCOc1c(F)cccc1C(=O)NCCc1nc2ccccc2n1C. The Balaban J connectivity index is 1.68. The van der Waals surface area contributed by atoms with Crippen LogP contribution in [0.1, 0.15) is 23.1 Å². The Morgan fingerprint density at radius 3 is 2.80 bits per heavy atom. The number of aromatic nitrogens is 2. The number of imidazole rings is 1. The topological polar surface area (TPSA) is 56.1 Å². The molecule has 0 spiro atoms. The summed E-state index contributed by atoms with van der Waals surface area (Å²) in [6.45, 7) is 2.44. The number of fused-ring (bicyclic) bond motifs is 1. The molecule has 0 bridgehead atoms. The minimum Gasteiger partial charge on any atom is -0.490 e. The van der Waals surface area contributed by atoms with Crippen LogP contribution in [0.2, 0.25) is 0 Å². The molecule has 1 N–H and O–H groups in total. The molecule has 0 aliphatic heterocycles. The number of aryl methyl sites for hydroxylation is 1. The van der Waals surface area contributed by atoms with Gasteiger partial charge < -0.3 is 14.6 Å². The molecule has 1 heterocycles. The maximum Gasteiger partial charge on any atom is 0.255 e. The van der Waals surface area contributed by atoms with Crippen LogP contribution in [-0.2, 0) is 13.5 Å². The summed E-state index contributed by atoms with van der Waals surface area (Å²) in [4.78, 5) is 16.9. The van der Waals surface area contributed by atoms with E-state index in [-0.39, 0.29) is 17.2 Å². The van der Waals surface area contributed by atoms with Crippen LogP contribution in [-0.4, -0.2) is 28.6 Å². The number of rotatable bonds is 6. The number of ether oxygens (including phenoxy) is 1. The molecule has 25 heavy (non-hydrogen) atoms. The molecule has 0 unspecified atom stereocenters. The number of nitrogens with zero attached hydrogens (tertiary/aromatic N) is 2. The lowest BCUT2D eigenvalue weighted by molar-refractivity contribution is 0.0949. The average Bonchev–Trinajstić information content (AvgIpc) is 2.93. The summed E-state index contributed by atoms with van der Waals surface area (Å²) in [5.41, 5.74) is 2.18. The van der Waals surface area contributed by atoms with Crippen LogP contribution >= 0.6 is 0 Å². The van der Waals surface area contributed by atoms with Gasteiger partial charge in [0.25, 0.3) is 5.91 Å². The Labute approximate surface area is 145 Å². The van der Waals surface area contributed by atoms with E-state index < -0.39 is 5.82 Å². The molecule has 0 aliphatic carbocycles. The molecule has 0 aliphatic rings. The van der Waals surface area contributed by atoms with Gasteiger partial charge in [-0.15, -0.1) is 0 Å². The maximum atomic E-state index is 13.8. The summed E-state index contributed by atoms with van der Waals surface area (Å²) in [7, 11) is 1.95. The lowest BCUT2D eigenvalue weighted by atomic mass is 10.1. The molecule has 5 nitrogen and oxygen atoms in total. The van der Waals surface area contributed by atoms with Gasteiger partial charge in [0.1, 0.15) is 5.82 Å². The Hall–Kier alpha value is -2.89. The molecule has 0 radical (unpaired) electrons. The van der Waals surface area contributed by atoms with Crippen molar-refractivity contribution in [3.05, 3.63) is 59.7 Å². The monoisotopic (exact) mass is 341 g/mol. The largest absolute Gasteiger partial charge is 0.490 e. The fourth-order valence-electron chi connectivity index (χ4n) is 2.78. The molecule has 0 fully saturated rings. The summed E-state index contributed by atoms with van der Waals surface area (Å²) in [6, 6.07) is 12.2. The first-order valence-corrected chi connectivity index (χ1v) is 8.21. The lowest BCUT2D eigenvalue weighted by Gasteiger charge is -2.11. The molecule has 3 aromatic rings. The van der Waals surface area contributed by atoms with E-state index in [1.807, 2.05) is 35.9 Å². The normalized spacial score (nSPS) is 10.8. The number of carbonyl (C=O) groups is 1. The molecule has 1 amide bonds. The van der Waals surface area contributed by atoms with E-state index in [9.17, 15) is 9.18 Å². The van der Waals surface area contributed by atoms with E-state index in [0.717, 1.165) is 16.9 Å². The van der Waals surface area contributed by atoms with Crippen LogP contribution in [0.15, 0.2) is 42.5 Å². The summed E-state index contributed by atoms with van der Waals surface area (Å²) in [6.07, 6.45) is 0.580. The summed E-state index contributed by atoms with van der Waals surface area (Å²) in [5.74, 6) is -0.0254. The third-order valence-electron chi connectivity index (χ3n) is 4.01. The van der Waals surface area contributed by atoms with E-state index in [4.69, 9.17) is 4.74 Å². The first-order valence-electron chi connectivity index (χ1n) is 8.21. The van der Waals surface area contributed by atoms with Gasteiger partial charge in [-0.1, -0.05) is 18.2 Å². The number of benzene rings is 2. The second-order valence-corrected chi connectivity index (χ2v) is 5.63. The molecule has 0 saturated heterocycles. The van der Waals surface area contributed by atoms with Crippen LogP contribution in [0.25, 0.3) is 11.0 Å². The van der Waals surface area contributed by atoms with Gasteiger partial charge in [0.2, 0.25) is 0 Å². The second-order valence-electron chi connectivity index (χ2n) is 5.63.